The van der Waals surface area contributed by atoms with Gasteiger partial charge in [-0.1, -0.05) is 119 Å². The molecule has 0 spiro atoms. The minimum Gasteiger partial charge on any atom is -0.399 e. The van der Waals surface area contributed by atoms with Gasteiger partial charge >= 0.3 is 0 Å². The van der Waals surface area contributed by atoms with Crippen LogP contribution in [0.15, 0.2) is 97.1 Å². The molecule has 0 bridgehead atoms. The van der Waals surface area contributed by atoms with E-state index in [0.29, 0.717) is 17.8 Å². The molecule has 0 aromatic heterocycles. The van der Waals surface area contributed by atoms with Crippen LogP contribution in [0.5, 0.6) is 0 Å². The van der Waals surface area contributed by atoms with Crippen molar-refractivity contribution in [2.75, 3.05) is 11.5 Å². The number of anilines is 2. The summed E-state index contributed by atoms with van der Waals surface area (Å²) in [6, 6.07) is 35.7. The first-order valence-corrected chi connectivity index (χ1v) is 15.4. The molecule has 4 aromatic rings. The van der Waals surface area contributed by atoms with Crippen LogP contribution in [0.3, 0.4) is 0 Å². The quantitative estimate of drug-likeness (QED) is 0.159. The molecule has 0 fully saturated rings. The van der Waals surface area contributed by atoms with Crippen LogP contribution in [-0.2, 0) is 12.8 Å². The Kier molecular flexibility index (Phi) is 10.9. The number of hydrogen-bond acceptors (Lipinski definition) is 2. The Balaban J connectivity index is 1.44. The first-order chi connectivity index (χ1) is 19.5. The smallest absolute Gasteiger partial charge is 0.0314 e. The maximum atomic E-state index is 5.94. The van der Waals surface area contributed by atoms with Crippen molar-refractivity contribution in [1.29, 1.82) is 0 Å². The van der Waals surface area contributed by atoms with Crippen LogP contribution in [0.2, 0.25) is 0 Å². The summed E-state index contributed by atoms with van der Waals surface area (Å²) in [6.45, 7) is 6.84. The molecular weight excluding hydrogens is 484 g/mol. The summed E-state index contributed by atoms with van der Waals surface area (Å²) in [5.74, 6) is 1.50. The Hall–Kier alpha value is -3.52. The molecule has 2 heteroatoms. The summed E-state index contributed by atoms with van der Waals surface area (Å²) >= 11 is 0. The number of nitrogens with two attached hydrogens (primary N) is 2. The Labute approximate surface area is 242 Å². The van der Waals surface area contributed by atoms with Crippen molar-refractivity contribution in [3.8, 4) is 0 Å². The maximum Gasteiger partial charge on any atom is 0.0314 e. The zero-order valence-electron chi connectivity index (χ0n) is 24.8. The predicted molar refractivity (Wildman–Crippen MR) is 174 cm³/mol. The van der Waals surface area contributed by atoms with Gasteiger partial charge in [0.25, 0.3) is 0 Å². The number of benzene rings is 4. The summed E-state index contributed by atoms with van der Waals surface area (Å²) in [6.07, 6.45) is 9.33. The normalized spacial score (nSPS) is 13.6. The van der Waals surface area contributed by atoms with Gasteiger partial charge in [0.05, 0.1) is 0 Å². The van der Waals surface area contributed by atoms with Crippen molar-refractivity contribution in [2.24, 2.45) is 5.92 Å². The number of nitrogen functional groups attached to an aromatic ring is 2. The van der Waals surface area contributed by atoms with Gasteiger partial charge in [-0.25, -0.2) is 0 Å². The van der Waals surface area contributed by atoms with Crippen LogP contribution in [0.4, 0.5) is 11.4 Å². The molecule has 0 heterocycles. The second-order valence-corrected chi connectivity index (χ2v) is 11.6. The molecule has 210 valence electrons. The standard InChI is InChI=1S/C38H48N2/c1-4-7-30(26-28-10-14-31(15-11-28)37(8-5-2)33-18-22-35(39)23-19-33)27-29-12-16-32(17-13-29)38(9-6-3)34-20-24-36(40)25-21-34/h10-25,30,37-38H,4-9,26-27,39-40H2,1-3H3. The van der Waals surface area contributed by atoms with Gasteiger partial charge in [-0.2, -0.15) is 0 Å². The minimum atomic E-state index is 0.425. The number of rotatable bonds is 14. The van der Waals surface area contributed by atoms with Crippen LogP contribution < -0.4 is 11.5 Å². The monoisotopic (exact) mass is 532 g/mol. The van der Waals surface area contributed by atoms with Gasteiger partial charge in [-0.15, -0.1) is 0 Å². The van der Waals surface area contributed by atoms with Gasteiger partial charge < -0.3 is 11.5 Å². The Morgan fingerprint density at radius 2 is 0.725 bits per heavy atom. The highest BCUT2D eigenvalue weighted by Crippen LogP contribution is 2.32. The van der Waals surface area contributed by atoms with E-state index in [-0.39, 0.29) is 0 Å². The Morgan fingerprint density at radius 1 is 0.425 bits per heavy atom. The summed E-state index contributed by atoms with van der Waals surface area (Å²) in [5.41, 5.74) is 21.9. The lowest BCUT2D eigenvalue weighted by Crippen LogP contribution is -2.09. The zero-order chi connectivity index (χ0) is 28.3. The molecule has 0 radical (unpaired) electrons. The average molecular weight is 533 g/mol. The van der Waals surface area contributed by atoms with E-state index in [1.165, 1.54) is 46.2 Å². The Morgan fingerprint density at radius 3 is 1.02 bits per heavy atom. The van der Waals surface area contributed by atoms with Crippen molar-refractivity contribution >= 4 is 11.4 Å². The van der Waals surface area contributed by atoms with Crippen LogP contribution in [0, 0.1) is 5.92 Å². The average Bonchev–Trinajstić information content (AvgIpc) is 2.97. The van der Waals surface area contributed by atoms with Crippen molar-refractivity contribution in [3.05, 3.63) is 130 Å². The molecule has 2 nitrogen and oxygen atoms in total. The van der Waals surface area contributed by atoms with E-state index < -0.39 is 0 Å². The first kappa shape index (κ1) is 29.5. The molecule has 4 rings (SSSR count). The lowest BCUT2D eigenvalue weighted by molar-refractivity contribution is 0.474. The van der Waals surface area contributed by atoms with Crippen LogP contribution >= 0.6 is 0 Å². The molecule has 2 unspecified atom stereocenters. The second-order valence-electron chi connectivity index (χ2n) is 11.6. The molecule has 4 N–H and O–H groups in total. The first-order valence-electron chi connectivity index (χ1n) is 15.4. The topological polar surface area (TPSA) is 52.0 Å². The van der Waals surface area contributed by atoms with E-state index in [2.05, 4.69) is 93.6 Å². The van der Waals surface area contributed by atoms with Crippen LogP contribution in [0.1, 0.15) is 105 Å². The van der Waals surface area contributed by atoms with Crippen LogP contribution in [0.25, 0.3) is 0 Å². The Bertz CT molecular complexity index is 1170. The fraction of sp³-hybridized carbons (Fsp3) is 0.368. The van der Waals surface area contributed by atoms with E-state index in [0.717, 1.165) is 49.9 Å². The molecule has 2 atom stereocenters. The highest BCUT2D eigenvalue weighted by molar-refractivity contribution is 5.44. The third kappa shape index (κ3) is 8.01. The highest BCUT2D eigenvalue weighted by Gasteiger charge is 2.16. The van der Waals surface area contributed by atoms with Gasteiger partial charge in [0.1, 0.15) is 0 Å². The maximum absolute atomic E-state index is 5.94. The van der Waals surface area contributed by atoms with Crippen molar-refractivity contribution in [2.45, 2.75) is 84.0 Å². The fourth-order valence-electron chi connectivity index (χ4n) is 6.21. The summed E-state index contributed by atoms with van der Waals surface area (Å²) in [5, 5.41) is 0. The largest absolute Gasteiger partial charge is 0.399 e. The van der Waals surface area contributed by atoms with E-state index in [1.807, 2.05) is 24.3 Å². The molecule has 0 aliphatic rings. The predicted octanol–water partition coefficient (Wildman–Crippen LogP) is 9.92. The molecule has 0 saturated heterocycles. The lowest BCUT2D eigenvalue weighted by atomic mass is 9.84. The fourth-order valence-corrected chi connectivity index (χ4v) is 6.21. The zero-order valence-corrected chi connectivity index (χ0v) is 24.8. The second kappa shape index (κ2) is 14.7. The lowest BCUT2D eigenvalue weighted by Gasteiger charge is -2.21. The van der Waals surface area contributed by atoms with Crippen molar-refractivity contribution < 1.29 is 0 Å². The minimum absolute atomic E-state index is 0.425. The molecule has 4 aromatic carbocycles. The molecule has 0 saturated carbocycles. The van der Waals surface area contributed by atoms with Gasteiger partial charge in [-0.3, -0.25) is 0 Å². The van der Waals surface area contributed by atoms with E-state index in [1.54, 1.807) is 0 Å². The SMILES string of the molecule is CCCC(Cc1ccc(C(CCC)c2ccc(N)cc2)cc1)Cc1ccc(C(CCC)c2ccc(N)cc2)cc1. The molecule has 0 aliphatic heterocycles. The third-order valence-corrected chi connectivity index (χ3v) is 8.34. The van der Waals surface area contributed by atoms with E-state index >= 15 is 0 Å². The van der Waals surface area contributed by atoms with Crippen LogP contribution in [-0.4, -0.2) is 0 Å². The van der Waals surface area contributed by atoms with Gasteiger partial charge in [0, 0.05) is 23.2 Å². The van der Waals surface area contributed by atoms with Crippen molar-refractivity contribution in [3.63, 3.8) is 0 Å². The summed E-state index contributed by atoms with van der Waals surface area (Å²) in [4.78, 5) is 0. The van der Waals surface area contributed by atoms with E-state index in [4.69, 9.17) is 11.5 Å². The summed E-state index contributed by atoms with van der Waals surface area (Å²) < 4.78 is 0. The summed E-state index contributed by atoms with van der Waals surface area (Å²) in [7, 11) is 0. The molecule has 0 aliphatic carbocycles. The van der Waals surface area contributed by atoms with E-state index in [9.17, 15) is 0 Å². The highest BCUT2D eigenvalue weighted by atomic mass is 14.5. The van der Waals surface area contributed by atoms with Gasteiger partial charge in [0.2, 0.25) is 0 Å². The number of hydrogen-bond donors (Lipinski definition) is 2. The van der Waals surface area contributed by atoms with Gasteiger partial charge in [-0.05, 0) is 89.2 Å². The van der Waals surface area contributed by atoms with Crippen molar-refractivity contribution in [1.82, 2.24) is 0 Å². The molecule has 0 amide bonds. The third-order valence-electron chi connectivity index (χ3n) is 8.34. The van der Waals surface area contributed by atoms with Gasteiger partial charge in [0.15, 0.2) is 0 Å². The molecule has 40 heavy (non-hydrogen) atoms. The molecular formula is C38H48N2.